The van der Waals surface area contributed by atoms with Crippen LogP contribution in [-0.2, 0) is 0 Å². The zero-order chi connectivity index (χ0) is 13.7. The van der Waals surface area contributed by atoms with Gasteiger partial charge in [0.1, 0.15) is 0 Å². The standard InChI is InChI=1S/C14H13FN2O2/c1-19-13-8-7-10(9-12(13)15)14(18)17-16-11-5-3-2-4-6-11/h2-9,16H,1H3,(H,17,18). The number of nitrogens with one attached hydrogen (secondary N) is 2. The first-order valence-corrected chi connectivity index (χ1v) is 5.65. The third-order valence-electron chi connectivity index (χ3n) is 2.51. The molecule has 2 N–H and O–H groups in total. The first-order chi connectivity index (χ1) is 9.20. The van der Waals surface area contributed by atoms with Gasteiger partial charge in [0.25, 0.3) is 5.91 Å². The molecule has 0 aromatic heterocycles. The van der Waals surface area contributed by atoms with Crippen LogP contribution in [0.5, 0.6) is 5.75 Å². The first-order valence-electron chi connectivity index (χ1n) is 5.65. The third-order valence-corrected chi connectivity index (χ3v) is 2.51. The highest BCUT2D eigenvalue weighted by Gasteiger charge is 2.09. The summed E-state index contributed by atoms with van der Waals surface area (Å²) in [6.07, 6.45) is 0. The lowest BCUT2D eigenvalue weighted by atomic mass is 10.2. The molecule has 19 heavy (non-hydrogen) atoms. The summed E-state index contributed by atoms with van der Waals surface area (Å²) in [6.45, 7) is 0. The molecule has 98 valence electrons. The van der Waals surface area contributed by atoms with Crippen LogP contribution in [0.4, 0.5) is 10.1 Å². The summed E-state index contributed by atoms with van der Waals surface area (Å²) in [6, 6.07) is 13.2. The highest BCUT2D eigenvalue weighted by atomic mass is 19.1. The van der Waals surface area contributed by atoms with Gasteiger partial charge in [-0.3, -0.25) is 15.6 Å². The van der Waals surface area contributed by atoms with E-state index in [1.807, 2.05) is 18.2 Å². The van der Waals surface area contributed by atoms with Gasteiger partial charge in [-0.05, 0) is 30.3 Å². The van der Waals surface area contributed by atoms with Crippen LogP contribution in [0.15, 0.2) is 48.5 Å². The Balaban J connectivity index is 2.02. The summed E-state index contributed by atoms with van der Waals surface area (Å²) in [4.78, 5) is 11.8. The monoisotopic (exact) mass is 260 g/mol. The van der Waals surface area contributed by atoms with Crippen molar-refractivity contribution in [2.45, 2.75) is 0 Å². The molecule has 5 heteroatoms. The van der Waals surface area contributed by atoms with E-state index in [9.17, 15) is 9.18 Å². The molecule has 4 nitrogen and oxygen atoms in total. The van der Waals surface area contributed by atoms with Crippen LogP contribution in [-0.4, -0.2) is 13.0 Å². The molecule has 2 rings (SSSR count). The molecule has 0 unspecified atom stereocenters. The molecule has 0 fully saturated rings. The topological polar surface area (TPSA) is 50.4 Å². The van der Waals surface area contributed by atoms with E-state index in [2.05, 4.69) is 10.9 Å². The fourth-order valence-electron chi connectivity index (χ4n) is 1.53. The van der Waals surface area contributed by atoms with Gasteiger partial charge >= 0.3 is 0 Å². The molecular formula is C14H13FN2O2. The normalized spacial score (nSPS) is 9.79. The van der Waals surface area contributed by atoms with Crippen LogP contribution >= 0.6 is 0 Å². The Morgan fingerprint density at radius 2 is 1.89 bits per heavy atom. The molecule has 0 saturated carbocycles. The Labute approximate surface area is 110 Å². The van der Waals surface area contributed by atoms with E-state index in [0.29, 0.717) is 0 Å². The molecule has 0 bridgehead atoms. The number of carbonyl (C=O) groups excluding carboxylic acids is 1. The largest absolute Gasteiger partial charge is 0.494 e. The van der Waals surface area contributed by atoms with E-state index in [-0.39, 0.29) is 11.3 Å². The van der Waals surface area contributed by atoms with Gasteiger partial charge in [-0.2, -0.15) is 0 Å². The minimum atomic E-state index is -0.574. The van der Waals surface area contributed by atoms with Gasteiger partial charge in [0.15, 0.2) is 11.6 Å². The Bertz CT molecular complexity index is 573. The molecule has 0 aliphatic rings. The number of anilines is 1. The van der Waals surface area contributed by atoms with Gasteiger partial charge in [-0.15, -0.1) is 0 Å². The van der Waals surface area contributed by atoms with Crippen LogP contribution in [0.2, 0.25) is 0 Å². The summed E-state index contributed by atoms with van der Waals surface area (Å²) in [5, 5.41) is 0. The van der Waals surface area contributed by atoms with Crippen LogP contribution in [0.25, 0.3) is 0 Å². The van der Waals surface area contributed by atoms with Crippen molar-refractivity contribution in [3.63, 3.8) is 0 Å². The molecule has 0 saturated heterocycles. The number of halogens is 1. The van der Waals surface area contributed by atoms with Crippen molar-refractivity contribution in [1.82, 2.24) is 5.43 Å². The number of hydrazine groups is 1. The van der Waals surface area contributed by atoms with E-state index in [1.165, 1.54) is 19.2 Å². The number of methoxy groups -OCH3 is 1. The lowest BCUT2D eigenvalue weighted by Gasteiger charge is -2.09. The quantitative estimate of drug-likeness (QED) is 0.831. The highest BCUT2D eigenvalue weighted by Crippen LogP contribution is 2.17. The van der Waals surface area contributed by atoms with Crippen molar-refractivity contribution in [3.8, 4) is 5.75 Å². The van der Waals surface area contributed by atoms with Crippen molar-refractivity contribution < 1.29 is 13.9 Å². The molecule has 0 spiro atoms. The Morgan fingerprint density at radius 1 is 1.16 bits per heavy atom. The molecular weight excluding hydrogens is 247 g/mol. The molecule has 0 radical (unpaired) electrons. The zero-order valence-electron chi connectivity index (χ0n) is 10.3. The number of amides is 1. The predicted molar refractivity (Wildman–Crippen MR) is 70.5 cm³/mol. The van der Waals surface area contributed by atoms with Crippen LogP contribution in [0, 0.1) is 5.82 Å². The lowest BCUT2D eigenvalue weighted by Crippen LogP contribution is -2.29. The van der Waals surface area contributed by atoms with Gasteiger partial charge < -0.3 is 4.74 Å². The van der Waals surface area contributed by atoms with Crippen molar-refractivity contribution in [2.24, 2.45) is 0 Å². The van der Waals surface area contributed by atoms with Crippen molar-refractivity contribution in [3.05, 3.63) is 59.9 Å². The average Bonchev–Trinajstić information content (AvgIpc) is 2.45. The maximum Gasteiger partial charge on any atom is 0.269 e. The van der Waals surface area contributed by atoms with E-state index in [4.69, 9.17) is 4.74 Å². The van der Waals surface area contributed by atoms with Crippen molar-refractivity contribution in [2.75, 3.05) is 12.5 Å². The summed E-state index contributed by atoms with van der Waals surface area (Å²) in [5.41, 5.74) is 6.17. The smallest absolute Gasteiger partial charge is 0.269 e. The lowest BCUT2D eigenvalue weighted by molar-refractivity contribution is 0.0962. The van der Waals surface area contributed by atoms with E-state index in [0.717, 1.165) is 11.8 Å². The second-order valence-electron chi connectivity index (χ2n) is 3.79. The second kappa shape index (κ2) is 5.86. The molecule has 2 aromatic carbocycles. The Kier molecular flexibility index (Phi) is 3.97. The van der Waals surface area contributed by atoms with Gasteiger partial charge in [0.05, 0.1) is 12.8 Å². The minimum Gasteiger partial charge on any atom is -0.494 e. The number of rotatable bonds is 4. The molecule has 0 aliphatic carbocycles. The number of ether oxygens (including phenoxy) is 1. The fourth-order valence-corrected chi connectivity index (χ4v) is 1.53. The zero-order valence-corrected chi connectivity index (χ0v) is 10.3. The maximum atomic E-state index is 13.4. The molecule has 2 aromatic rings. The Hall–Kier alpha value is -2.56. The predicted octanol–water partition coefficient (Wildman–Crippen LogP) is 2.59. The van der Waals surface area contributed by atoms with Crippen molar-refractivity contribution >= 4 is 11.6 Å². The van der Waals surface area contributed by atoms with Gasteiger partial charge in [0.2, 0.25) is 0 Å². The summed E-state index contributed by atoms with van der Waals surface area (Å²) < 4.78 is 18.2. The molecule has 0 atom stereocenters. The maximum absolute atomic E-state index is 13.4. The van der Waals surface area contributed by atoms with E-state index < -0.39 is 11.7 Å². The summed E-state index contributed by atoms with van der Waals surface area (Å²) in [7, 11) is 1.37. The number of hydrogen-bond acceptors (Lipinski definition) is 3. The minimum absolute atomic E-state index is 0.104. The van der Waals surface area contributed by atoms with E-state index >= 15 is 0 Å². The molecule has 0 heterocycles. The Morgan fingerprint density at radius 3 is 2.53 bits per heavy atom. The summed E-state index contributed by atoms with van der Waals surface area (Å²) in [5.74, 6) is -0.896. The van der Waals surface area contributed by atoms with Gasteiger partial charge in [-0.1, -0.05) is 18.2 Å². The second-order valence-corrected chi connectivity index (χ2v) is 3.79. The van der Waals surface area contributed by atoms with Crippen LogP contribution < -0.4 is 15.6 Å². The summed E-state index contributed by atoms with van der Waals surface area (Å²) >= 11 is 0. The number of carbonyl (C=O) groups is 1. The van der Waals surface area contributed by atoms with Crippen molar-refractivity contribution in [1.29, 1.82) is 0 Å². The van der Waals surface area contributed by atoms with Crippen LogP contribution in [0.1, 0.15) is 10.4 Å². The third kappa shape index (κ3) is 3.22. The highest BCUT2D eigenvalue weighted by molar-refractivity contribution is 5.95. The molecule has 0 aliphatic heterocycles. The number of benzene rings is 2. The fraction of sp³-hybridized carbons (Fsp3) is 0.0714. The SMILES string of the molecule is COc1ccc(C(=O)NNc2ccccc2)cc1F. The molecule has 1 amide bonds. The van der Waals surface area contributed by atoms with Gasteiger partial charge in [0, 0.05) is 5.56 Å². The van der Waals surface area contributed by atoms with E-state index in [1.54, 1.807) is 12.1 Å². The number of para-hydroxylation sites is 1. The van der Waals surface area contributed by atoms with Gasteiger partial charge in [-0.25, -0.2) is 4.39 Å². The first kappa shape index (κ1) is 12.9. The van der Waals surface area contributed by atoms with Crippen LogP contribution in [0.3, 0.4) is 0 Å². The number of hydrogen-bond donors (Lipinski definition) is 2. The average molecular weight is 260 g/mol.